The molecule has 2 rings (SSSR count). The number of nitrogens with one attached hydrogen (secondary N) is 2. The topological polar surface area (TPSA) is 84.6 Å². The van der Waals surface area contributed by atoms with E-state index in [1.807, 2.05) is 0 Å². The minimum atomic E-state index is 0.0899. The number of aromatic nitrogens is 2. The summed E-state index contributed by atoms with van der Waals surface area (Å²) in [7, 11) is 0. The number of unbranched alkanes of at least 4 members (excludes halogenated alkanes) is 1. The third-order valence-corrected chi connectivity index (χ3v) is 4.60. The average molecular weight is 337 g/mol. The van der Waals surface area contributed by atoms with Gasteiger partial charge in [-0.25, -0.2) is 4.99 Å². The quantitative estimate of drug-likeness (QED) is 0.430. The second kappa shape index (κ2) is 8.46. The highest BCUT2D eigenvalue weighted by molar-refractivity contribution is 5.80. The average Bonchev–Trinajstić information content (AvgIpc) is 2.96. The van der Waals surface area contributed by atoms with Crippen molar-refractivity contribution < 1.29 is 9.26 Å². The summed E-state index contributed by atoms with van der Waals surface area (Å²) < 4.78 is 11.0. The molecule has 1 aliphatic rings. The highest BCUT2D eigenvalue weighted by Gasteiger charge is 2.49. The number of nitrogens with zero attached hydrogens (tertiary/aromatic N) is 3. The van der Waals surface area contributed by atoms with Gasteiger partial charge in [0, 0.05) is 31.5 Å². The van der Waals surface area contributed by atoms with Gasteiger partial charge in [0.05, 0.1) is 6.10 Å². The first-order valence-electron chi connectivity index (χ1n) is 8.93. The van der Waals surface area contributed by atoms with Crippen molar-refractivity contribution in [3.05, 3.63) is 11.7 Å². The number of hydrogen-bond donors (Lipinski definition) is 2. The summed E-state index contributed by atoms with van der Waals surface area (Å²) in [4.78, 5) is 8.73. The summed E-state index contributed by atoms with van der Waals surface area (Å²) in [6.45, 7) is 12.6. The molecule has 1 heterocycles. The van der Waals surface area contributed by atoms with Crippen molar-refractivity contribution in [2.24, 2.45) is 10.4 Å². The van der Waals surface area contributed by atoms with E-state index in [1.165, 1.54) is 6.42 Å². The minimum Gasteiger partial charge on any atom is -0.378 e. The van der Waals surface area contributed by atoms with Gasteiger partial charge in [0.2, 0.25) is 5.89 Å². The Morgan fingerprint density at radius 2 is 2.21 bits per heavy atom. The van der Waals surface area contributed by atoms with Crippen LogP contribution in [-0.2, 0) is 11.3 Å². The fourth-order valence-corrected chi connectivity index (χ4v) is 2.82. The third kappa shape index (κ3) is 4.69. The van der Waals surface area contributed by atoms with E-state index in [9.17, 15) is 0 Å². The predicted molar refractivity (Wildman–Crippen MR) is 93.8 cm³/mol. The Morgan fingerprint density at radius 1 is 1.42 bits per heavy atom. The molecule has 0 saturated heterocycles. The second-order valence-corrected chi connectivity index (χ2v) is 6.89. The van der Waals surface area contributed by atoms with E-state index in [4.69, 9.17) is 9.26 Å². The number of guanidine groups is 1. The Morgan fingerprint density at radius 3 is 2.79 bits per heavy atom. The van der Waals surface area contributed by atoms with Crippen molar-refractivity contribution in [1.29, 1.82) is 0 Å². The molecule has 0 amide bonds. The number of rotatable bonds is 8. The van der Waals surface area contributed by atoms with Crippen LogP contribution in [0.3, 0.4) is 0 Å². The van der Waals surface area contributed by atoms with Gasteiger partial charge in [0.15, 0.2) is 11.8 Å². The van der Waals surface area contributed by atoms with Crippen LogP contribution in [0.1, 0.15) is 58.7 Å². The normalized spacial score (nSPS) is 23.0. The fourth-order valence-electron chi connectivity index (χ4n) is 2.82. The maximum atomic E-state index is 6.00. The van der Waals surface area contributed by atoms with Crippen LogP contribution in [0.5, 0.6) is 0 Å². The standard InChI is InChI=1S/C17H31N5O2/c1-6-8-9-23-14-10-13(17(14,4)5)21-16(18-7-2)19-11-15-20-12(3)24-22-15/h13-14H,6-11H2,1-5H3,(H2,18,19,21). The third-order valence-electron chi connectivity index (χ3n) is 4.60. The van der Waals surface area contributed by atoms with Crippen molar-refractivity contribution in [2.45, 2.75) is 72.6 Å². The molecule has 0 aliphatic heterocycles. The molecule has 1 aliphatic carbocycles. The van der Waals surface area contributed by atoms with Gasteiger partial charge in [-0.05, 0) is 19.8 Å². The van der Waals surface area contributed by atoms with Crippen LogP contribution in [0, 0.1) is 12.3 Å². The van der Waals surface area contributed by atoms with Gasteiger partial charge in [-0.15, -0.1) is 0 Å². The van der Waals surface area contributed by atoms with Crippen molar-refractivity contribution in [1.82, 2.24) is 20.8 Å². The maximum absolute atomic E-state index is 6.00. The van der Waals surface area contributed by atoms with E-state index in [0.717, 1.165) is 32.0 Å². The number of aryl methyl sites for hydroxylation is 1. The molecule has 1 fully saturated rings. The molecule has 0 radical (unpaired) electrons. The molecule has 2 atom stereocenters. The smallest absolute Gasteiger partial charge is 0.223 e. The lowest BCUT2D eigenvalue weighted by Gasteiger charge is -2.52. The molecule has 7 heteroatoms. The van der Waals surface area contributed by atoms with Crippen LogP contribution < -0.4 is 10.6 Å². The van der Waals surface area contributed by atoms with E-state index in [1.54, 1.807) is 6.92 Å². The number of ether oxygens (including phenoxy) is 1. The molecular weight excluding hydrogens is 306 g/mol. The first-order chi connectivity index (χ1) is 11.5. The summed E-state index contributed by atoms with van der Waals surface area (Å²) >= 11 is 0. The summed E-state index contributed by atoms with van der Waals surface area (Å²) in [5, 5.41) is 10.7. The number of hydrogen-bond acceptors (Lipinski definition) is 5. The van der Waals surface area contributed by atoms with Crippen molar-refractivity contribution in [3.8, 4) is 0 Å². The van der Waals surface area contributed by atoms with Gasteiger partial charge in [-0.2, -0.15) is 4.98 Å². The molecule has 1 aromatic heterocycles. The maximum Gasteiger partial charge on any atom is 0.223 e. The van der Waals surface area contributed by atoms with E-state index in [2.05, 4.69) is 53.5 Å². The van der Waals surface area contributed by atoms with E-state index in [-0.39, 0.29) is 5.41 Å². The molecular formula is C17H31N5O2. The van der Waals surface area contributed by atoms with Crippen LogP contribution in [0.25, 0.3) is 0 Å². The molecule has 0 aromatic carbocycles. The van der Waals surface area contributed by atoms with Gasteiger partial charge in [0.1, 0.15) is 6.54 Å². The molecule has 2 N–H and O–H groups in total. The molecule has 24 heavy (non-hydrogen) atoms. The Kier molecular flexibility index (Phi) is 6.60. The van der Waals surface area contributed by atoms with Crippen molar-refractivity contribution in [3.63, 3.8) is 0 Å². The van der Waals surface area contributed by atoms with Crippen LogP contribution in [0.2, 0.25) is 0 Å². The lowest BCUT2D eigenvalue weighted by atomic mass is 9.64. The largest absolute Gasteiger partial charge is 0.378 e. The predicted octanol–water partition coefficient (Wildman–Crippen LogP) is 2.42. The first kappa shape index (κ1) is 18.7. The fraction of sp³-hybridized carbons (Fsp3) is 0.824. The highest BCUT2D eigenvalue weighted by Crippen LogP contribution is 2.42. The van der Waals surface area contributed by atoms with E-state index < -0.39 is 0 Å². The van der Waals surface area contributed by atoms with Crippen LogP contribution in [0.4, 0.5) is 0 Å². The minimum absolute atomic E-state index is 0.0899. The van der Waals surface area contributed by atoms with Gasteiger partial charge in [0.25, 0.3) is 0 Å². The van der Waals surface area contributed by atoms with Gasteiger partial charge < -0.3 is 19.9 Å². The van der Waals surface area contributed by atoms with E-state index >= 15 is 0 Å². The second-order valence-electron chi connectivity index (χ2n) is 6.89. The van der Waals surface area contributed by atoms with Crippen LogP contribution in [-0.4, -0.2) is 41.4 Å². The zero-order chi connectivity index (χ0) is 17.6. The van der Waals surface area contributed by atoms with Gasteiger partial charge in [-0.1, -0.05) is 32.3 Å². The molecule has 1 saturated carbocycles. The lowest BCUT2D eigenvalue weighted by Crippen LogP contribution is -2.63. The Hall–Kier alpha value is -1.63. The summed E-state index contributed by atoms with van der Waals surface area (Å²) in [6, 6.07) is 0.342. The summed E-state index contributed by atoms with van der Waals surface area (Å²) in [5.41, 5.74) is 0.0899. The number of aliphatic imine (C=N–C) groups is 1. The molecule has 136 valence electrons. The lowest BCUT2D eigenvalue weighted by molar-refractivity contribution is -0.113. The van der Waals surface area contributed by atoms with E-state index in [0.29, 0.717) is 30.4 Å². The van der Waals surface area contributed by atoms with Crippen LogP contribution >= 0.6 is 0 Å². The zero-order valence-corrected chi connectivity index (χ0v) is 15.6. The van der Waals surface area contributed by atoms with Crippen LogP contribution in [0.15, 0.2) is 9.52 Å². The highest BCUT2D eigenvalue weighted by atomic mass is 16.5. The van der Waals surface area contributed by atoms with Crippen molar-refractivity contribution >= 4 is 5.96 Å². The Bertz CT molecular complexity index is 541. The van der Waals surface area contributed by atoms with Gasteiger partial charge in [-0.3, -0.25) is 0 Å². The molecule has 0 spiro atoms. The summed E-state index contributed by atoms with van der Waals surface area (Å²) in [6.07, 6.45) is 3.60. The summed E-state index contributed by atoms with van der Waals surface area (Å²) in [5.74, 6) is 1.94. The van der Waals surface area contributed by atoms with Gasteiger partial charge >= 0.3 is 0 Å². The first-order valence-corrected chi connectivity index (χ1v) is 8.93. The molecule has 0 bridgehead atoms. The SMILES string of the molecule is CCCCOC1CC(NC(=NCc2noc(C)n2)NCC)C1(C)C. The molecule has 2 unspecified atom stereocenters. The van der Waals surface area contributed by atoms with Crippen molar-refractivity contribution in [2.75, 3.05) is 13.2 Å². The monoisotopic (exact) mass is 337 g/mol. The molecule has 1 aromatic rings. The zero-order valence-electron chi connectivity index (χ0n) is 15.6. The Balaban J connectivity index is 1.88. The molecule has 7 nitrogen and oxygen atoms in total. The Labute approximate surface area is 144 Å².